The van der Waals surface area contributed by atoms with Gasteiger partial charge in [0.2, 0.25) is 5.91 Å². The zero-order chi connectivity index (χ0) is 14.6. The monoisotopic (exact) mass is 269 g/mol. The lowest BCUT2D eigenvalue weighted by atomic mass is 10.1. The summed E-state index contributed by atoms with van der Waals surface area (Å²) >= 11 is 0. The summed E-state index contributed by atoms with van der Waals surface area (Å²) in [6.07, 6.45) is 0.657. The van der Waals surface area contributed by atoms with Gasteiger partial charge >= 0.3 is 5.69 Å². The molecule has 1 atom stereocenters. The van der Waals surface area contributed by atoms with Crippen LogP contribution in [0.1, 0.15) is 13.8 Å². The molecule has 7 heteroatoms. The number of carbonyl (C=O) groups excluding carboxylic acids is 1. The van der Waals surface area contributed by atoms with Crippen molar-refractivity contribution in [3.05, 3.63) is 33.1 Å². The Hall–Kier alpha value is -1.89. The first-order valence-electron chi connectivity index (χ1n) is 6.04. The number of amides is 1. The van der Waals surface area contributed by atoms with Gasteiger partial charge in [0.15, 0.2) is 0 Å². The van der Waals surface area contributed by atoms with Crippen LogP contribution in [-0.2, 0) is 18.4 Å². The van der Waals surface area contributed by atoms with Crippen molar-refractivity contribution in [2.75, 3.05) is 6.54 Å². The van der Waals surface area contributed by atoms with Gasteiger partial charge in [0.25, 0.3) is 5.56 Å². The summed E-state index contributed by atoms with van der Waals surface area (Å²) < 4.78 is 2.06. The smallest absolute Gasteiger partial charge is 0.331 e. The SMILES string of the molecule is CC(C)C(O)CNC(=O)Cn1ccc(=O)n(C)c1=O. The summed E-state index contributed by atoms with van der Waals surface area (Å²) in [5.74, 6) is -0.346. The second-order valence-corrected chi connectivity index (χ2v) is 4.74. The number of nitrogens with zero attached hydrogens (tertiary/aromatic N) is 2. The quantitative estimate of drug-likeness (QED) is 0.693. The first-order chi connectivity index (χ1) is 8.82. The van der Waals surface area contributed by atoms with Crippen molar-refractivity contribution >= 4 is 5.91 Å². The molecule has 0 aromatic carbocycles. The van der Waals surface area contributed by atoms with E-state index in [1.807, 2.05) is 13.8 Å². The predicted molar refractivity (Wildman–Crippen MR) is 69.8 cm³/mol. The molecular weight excluding hydrogens is 250 g/mol. The Labute approximate surface area is 110 Å². The molecule has 1 aromatic heterocycles. The van der Waals surface area contributed by atoms with E-state index in [1.54, 1.807) is 0 Å². The fourth-order valence-electron chi connectivity index (χ4n) is 1.40. The van der Waals surface area contributed by atoms with Crippen LogP contribution in [0.3, 0.4) is 0 Å². The maximum Gasteiger partial charge on any atom is 0.331 e. The van der Waals surface area contributed by atoms with Gasteiger partial charge in [-0.15, -0.1) is 0 Å². The van der Waals surface area contributed by atoms with E-state index in [0.29, 0.717) is 0 Å². The number of aromatic nitrogens is 2. The number of hydrogen-bond donors (Lipinski definition) is 2. The maximum absolute atomic E-state index is 11.7. The average Bonchev–Trinajstić information content (AvgIpc) is 2.36. The van der Waals surface area contributed by atoms with Crippen LogP contribution < -0.4 is 16.6 Å². The van der Waals surface area contributed by atoms with Gasteiger partial charge in [-0.2, -0.15) is 0 Å². The third-order valence-electron chi connectivity index (χ3n) is 2.85. The van der Waals surface area contributed by atoms with E-state index in [1.165, 1.54) is 19.3 Å². The third kappa shape index (κ3) is 4.06. The van der Waals surface area contributed by atoms with Gasteiger partial charge in [0, 0.05) is 25.9 Å². The highest BCUT2D eigenvalue weighted by Crippen LogP contribution is 1.98. The van der Waals surface area contributed by atoms with E-state index < -0.39 is 17.4 Å². The van der Waals surface area contributed by atoms with Crippen LogP contribution in [0.15, 0.2) is 21.9 Å². The van der Waals surface area contributed by atoms with Crippen LogP contribution in [0, 0.1) is 5.92 Å². The van der Waals surface area contributed by atoms with Crippen molar-refractivity contribution in [2.45, 2.75) is 26.5 Å². The molecule has 106 valence electrons. The Morgan fingerprint density at radius 2 is 2.05 bits per heavy atom. The zero-order valence-electron chi connectivity index (χ0n) is 11.3. The van der Waals surface area contributed by atoms with Crippen molar-refractivity contribution in [3.8, 4) is 0 Å². The van der Waals surface area contributed by atoms with Gasteiger partial charge in [-0.25, -0.2) is 4.79 Å². The topological polar surface area (TPSA) is 93.3 Å². The molecule has 1 amide bonds. The van der Waals surface area contributed by atoms with E-state index in [4.69, 9.17) is 0 Å². The lowest BCUT2D eigenvalue weighted by Gasteiger charge is -2.15. The molecule has 0 aliphatic heterocycles. The van der Waals surface area contributed by atoms with Crippen LogP contribution in [0.2, 0.25) is 0 Å². The average molecular weight is 269 g/mol. The molecule has 0 aliphatic carbocycles. The lowest BCUT2D eigenvalue weighted by Crippen LogP contribution is -2.42. The fourth-order valence-corrected chi connectivity index (χ4v) is 1.40. The molecular formula is C12H19N3O4. The minimum atomic E-state index is -0.624. The van der Waals surface area contributed by atoms with Gasteiger partial charge in [0.05, 0.1) is 6.10 Å². The van der Waals surface area contributed by atoms with E-state index in [9.17, 15) is 19.5 Å². The Bertz CT molecular complexity index is 559. The van der Waals surface area contributed by atoms with Crippen molar-refractivity contribution in [1.82, 2.24) is 14.5 Å². The number of rotatable bonds is 5. The first-order valence-corrected chi connectivity index (χ1v) is 6.04. The highest BCUT2D eigenvalue weighted by molar-refractivity contribution is 5.75. The number of hydrogen-bond acceptors (Lipinski definition) is 4. The van der Waals surface area contributed by atoms with Crippen molar-refractivity contribution in [2.24, 2.45) is 13.0 Å². The van der Waals surface area contributed by atoms with Gasteiger partial charge in [-0.05, 0) is 5.92 Å². The van der Waals surface area contributed by atoms with Crippen LogP contribution in [0.4, 0.5) is 0 Å². The molecule has 0 saturated heterocycles. The molecule has 1 rings (SSSR count). The predicted octanol–water partition coefficient (Wildman–Crippen LogP) is -1.32. The van der Waals surface area contributed by atoms with Gasteiger partial charge < -0.3 is 10.4 Å². The number of aliphatic hydroxyl groups is 1. The van der Waals surface area contributed by atoms with Crippen molar-refractivity contribution < 1.29 is 9.90 Å². The molecule has 2 N–H and O–H groups in total. The zero-order valence-corrected chi connectivity index (χ0v) is 11.3. The molecule has 1 unspecified atom stereocenters. The van der Waals surface area contributed by atoms with Gasteiger partial charge in [-0.1, -0.05) is 13.8 Å². The van der Waals surface area contributed by atoms with Crippen LogP contribution in [-0.4, -0.2) is 32.8 Å². The van der Waals surface area contributed by atoms with Crippen molar-refractivity contribution in [1.29, 1.82) is 0 Å². The Morgan fingerprint density at radius 3 is 2.63 bits per heavy atom. The first kappa shape index (κ1) is 15.2. The highest BCUT2D eigenvalue weighted by atomic mass is 16.3. The molecule has 0 aliphatic rings. The third-order valence-corrected chi connectivity index (χ3v) is 2.85. The Kier molecular flexibility index (Phi) is 5.05. The van der Waals surface area contributed by atoms with Crippen LogP contribution >= 0.6 is 0 Å². The van der Waals surface area contributed by atoms with Crippen LogP contribution in [0.25, 0.3) is 0 Å². The number of nitrogens with one attached hydrogen (secondary N) is 1. The Balaban J connectivity index is 2.66. The summed E-state index contributed by atoms with van der Waals surface area (Å²) in [6, 6.07) is 1.22. The van der Waals surface area contributed by atoms with E-state index >= 15 is 0 Å². The second-order valence-electron chi connectivity index (χ2n) is 4.74. The summed E-state index contributed by atoms with van der Waals surface area (Å²) in [5, 5.41) is 12.1. The molecule has 1 heterocycles. The summed E-state index contributed by atoms with van der Waals surface area (Å²) in [6.45, 7) is 3.64. The summed E-state index contributed by atoms with van der Waals surface area (Å²) in [4.78, 5) is 34.5. The normalized spacial score (nSPS) is 12.5. The van der Waals surface area contributed by atoms with E-state index in [0.717, 1.165) is 9.13 Å². The summed E-state index contributed by atoms with van der Waals surface area (Å²) in [7, 11) is 1.35. The lowest BCUT2D eigenvalue weighted by molar-refractivity contribution is -0.122. The molecule has 0 fully saturated rings. The molecule has 0 saturated carbocycles. The highest BCUT2D eigenvalue weighted by Gasteiger charge is 2.11. The maximum atomic E-state index is 11.7. The fraction of sp³-hybridized carbons (Fsp3) is 0.583. The van der Waals surface area contributed by atoms with Gasteiger partial charge in [0.1, 0.15) is 6.54 Å². The molecule has 1 aromatic rings. The molecule has 0 bridgehead atoms. The largest absolute Gasteiger partial charge is 0.391 e. The molecule has 19 heavy (non-hydrogen) atoms. The number of aliphatic hydroxyl groups excluding tert-OH is 1. The second kappa shape index (κ2) is 6.33. The molecule has 0 spiro atoms. The molecule has 7 nitrogen and oxygen atoms in total. The standard InChI is InChI=1S/C12H19N3O4/c1-8(2)9(16)6-13-10(17)7-15-5-4-11(18)14(3)12(15)19/h4-5,8-9,16H,6-7H2,1-3H3,(H,13,17). The van der Waals surface area contributed by atoms with Crippen molar-refractivity contribution in [3.63, 3.8) is 0 Å². The Morgan fingerprint density at radius 1 is 1.42 bits per heavy atom. The number of carbonyl (C=O) groups is 1. The minimum Gasteiger partial charge on any atom is -0.391 e. The van der Waals surface area contributed by atoms with Gasteiger partial charge in [-0.3, -0.25) is 18.7 Å². The minimum absolute atomic E-state index is 0.0422. The summed E-state index contributed by atoms with van der Waals surface area (Å²) in [5.41, 5.74) is -0.969. The van der Waals surface area contributed by atoms with E-state index in [-0.39, 0.29) is 24.9 Å². The molecule has 0 radical (unpaired) electrons. The van der Waals surface area contributed by atoms with E-state index in [2.05, 4.69) is 5.32 Å². The van der Waals surface area contributed by atoms with Crippen LogP contribution in [0.5, 0.6) is 0 Å².